The maximum Gasteiger partial charge on any atom is 0.0435 e. The van der Waals surface area contributed by atoms with Crippen LogP contribution in [0.15, 0.2) is 67.0 Å². The first-order chi connectivity index (χ1) is 9.93. The Morgan fingerprint density at radius 3 is 2.70 bits per heavy atom. The van der Waals surface area contributed by atoms with E-state index in [4.69, 9.17) is 0 Å². The van der Waals surface area contributed by atoms with Crippen LogP contribution in [0.3, 0.4) is 0 Å². The molecule has 0 bridgehead atoms. The summed E-state index contributed by atoms with van der Waals surface area (Å²) in [6.07, 6.45) is 5.99. The second-order valence-corrected chi connectivity index (χ2v) is 4.92. The van der Waals surface area contributed by atoms with Crippen LogP contribution in [0.5, 0.6) is 0 Å². The van der Waals surface area contributed by atoms with Crippen LogP contribution in [-0.2, 0) is 6.42 Å². The van der Waals surface area contributed by atoms with Gasteiger partial charge in [0.25, 0.3) is 0 Å². The van der Waals surface area contributed by atoms with E-state index in [1.165, 1.54) is 22.0 Å². The number of hydrogen-bond donors (Lipinski definition) is 1. The number of nitrogens with zero attached hydrogens (tertiary/aromatic N) is 1. The number of fused-ring (bicyclic) bond motifs is 1. The van der Waals surface area contributed by atoms with Crippen molar-refractivity contribution in [3.8, 4) is 0 Å². The van der Waals surface area contributed by atoms with Crippen molar-refractivity contribution in [2.24, 2.45) is 0 Å². The summed E-state index contributed by atoms with van der Waals surface area (Å²) in [4.78, 5) is 4.21. The minimum Gasteiger partial charge on any atom is -0.384 e. The van der Waals surface area contributed by atoms with E-state index in [0.29, 0.717) is 0 Å². The third kappa shape index (κ3) is 2.97. The fraction of sp³-hybridized carbons (Fsp3) is 0.167. The van der Waals surface area contributed by atoms with Crippen LogP contribution < -0.4 is 5.32 Å². The fourth-order valence-electron chi connectivity index (χ4n) is 2.43. The molecule has 0 aliphatic rings. The molecule has 0 radical (unpaired) electrons. The minimum atomic E-state index is 0.975. The van der Waals surface area contributed by atoms with Crippen molar-refractivity contribution in [3.63, 3.8) is 0 Å². The van der Waals surface area contributed by atoms with Crippen LogP contribution in [0.1, 0.15) is 12.0 Å². The number of anilines is 1. The maximum absolute atomic E-state index is 4.21. The van der Waals surface area contributed by atoms with Crippen LogP contribution >= 0.6 is 0 Å². The maximum atomic E-state index is 4.21. The highest BCUT2D eigenvalue weighted by atomic mass is 14.9. The molecule has 100 valence electrons. The molecular formula is C18H18N2. The van der Waals surface area contributed by atoms with E-state index < -0.39 is 0 Å². The van der Waals surface area contributed by atoms with Crippen LogP contribution in [0, 0.1) is 0 Å². The molecule has 0 fully saturated rings. The molecule has 2 aromatic carbocycles. The van der Waals surface area contributed by atoms with Gasteiger partial charge in [0.2, 0.25) is 0 Å². The van der Waals surface area contributed by atoms with Gasteiger partial charge < -0.3 is 5.32 Å². The van der Waals surface area contributed by atoms with Gasteiger partial charge in [-0.15, -0.1) is 0 Å². The first-order valence-electron chi connectivity index (χ1n) is 7.04. The van der Waals surface area contributed by atoms with Crippen LogP contribution in [-0.4, -0.2) is 11.5 Å². The molecule has 3 aromatic rings. The van der Waals surface area contributed by atoms with E-state index in [1.54, 1.807) is 0 Å². The van der Waals surface area contributed by atoms with Gasteiger partial charge in [0.1, 0.15) is 0 Å². The summed E-state index contributed by atoms with van der Waals surface area (Å²) in [7, 11) is 0. The van der Waals surface area contributed by atoms with Gasteiger partial charge in [0, 0.05) is 30.0 Å². The first-order valence-corrected chi connectivity index (χ1v) is 7.04. The van der Waals surface area contributed by atoms with E-state index in [2.05, 4.69) is 58.8 Å². The number of hydrogen-bond acceptors (Lipinski definition) is 2. The molecule has 2 nitrogen and oxygen atoms in total. The summed E-state index contributed by atoms with van der Waals surface area (Å²) in [6, 6.07) is 19.0. The number of benzene rings is 2. The molecule has 1 aromatic heterocycles. The van der Waals surface area contributed by atoms with Gasteiger partial charge in [0.05, 0.1) is 0 Å². The molecule has 1 heterocycles. The average molecular weight is 262 g/mol. The molecule has 3 rings (SSSR count). The summed E-state index contributed by atoms with van der Waals surface area (Å²) in [5.41, 5.74) is 2.57. The average Bonchev–Trinajstić information content (AvgIpc) is 2.53. The standard InChI is InChI=1S/C18H18N2/c1-2-6-15(7-3-1)8-5-12-20-18-10-4-9-16-11-13-19-14-17(16)18/h1-4,6-7,9-11,13-14,20H,5,8,12H2. The summed E-state index contributed by atoms with van der Waals surface area (Å²) in [5, 5.41) is 5.94. The SMILES string of the molecule is c1ccc(CCCNc2cccc3ccncc23)cc1. The Labute approximate surface area is 119 Å². The Morgan fingerprint density at radius 1 is 0.900 bits per heavy atom. The van der Waals surface area contributed by atoms with E-state index in [9.17, 15) is 0 Å². The lowest BCUT2D eigenvalue weighted by molar-refractivity contribution is 0.864. The van der Waals surface area contributed by atoms with Gasteiger partial charge in [-0.3, -0.25) is 4.98 Å². The lowest BCUT2D eigenvalue weighted by Gasteiger charge is -2.09. The molecule has 0 saturated heterocycles. The van der Waals surface area contributed by atoms with Crippen molar-refractivity contribution in [1.82, 2.24) is 4.98 Å². The van der Waals surface area contributed by atoms with E-state index in [-0.39, 0.29) is 0 Å². The zero-order valence-electron chi connectivity index (χ0n) is 11.4. The third-order valence-electron chi connectivity index (χ3n) is 3.48. The molecule has 0 aliphatic heterocycles. The molecule has 0 unspecified atom stereocenters. The monoisotopic (exact) mass is 262 g/mol. The van der Waals surface area contributed by atoms with Crippen molar-refractivity contribution in [2.75, 3.05) is 11.9 Å². The fourth-order valence-corrected chi connectivity index (χ4v) is 2.43. The molecule has 0 aliphatic carbocycles. The van der Waals surface area contributed by atoms with Gasteiger partial charge in [-0.1, -0.05) is 42.5 Å². The van der Waals surface area contributed by atoms with E-state index in [1.807, 2.05) is 18.5 Å². The predicted octanol–water partition coefficient (Wildman–Crippen LogP) is 4.28. The van der Waals surface area contributed by atoms with Crippen molar-refractivity contribution >= 4 is 16.5 Å². The normalized spacial score (nSPS) is 10.6. The second kappa shape index (κ2) is 6.20. The van der Waals surface area contributed by atoms with E-state index in [0.717, 1.165) is 19.4 Å². The zero-order chi connectivity index (χ0) is 13.6. The highest BCUT2D eigenvalue weighted by Crippen LogP contribution is 2.21. The zero-order valence-corrected chi connectivity index (χ0v) is 11.4. The molecule has 20 heavy (non-hydrogen) atoms. The Balaban J connectivity index is 1.60. The smallest absolute Gasteiger partial charge is 0.0435 e. The highest BCUT2D eigenvalue weighted by molar-refractivity contribution is 5.92. The Bertz CT molecular complexity index is 672. The van der Waals surface area contributed by atoms with Crippen molar-refractivity contribution < 1.29 is 0 Å². The summed E-state index contributed by atoms with van der Waals surface area (Å²) < 4.78 is 0. The van der Waals surface area contributed by atoms with Gasteiger partial charge in [0.15, 0.2) is 0 Å². The molecule has 1 N–H and O–H groups in total. The first kappa shape index (κ1) is 12.7. The Hall–Kier alpha value is -2.35. The molecule has 0 saturated carbocycles. The van der Waals surface area contributed by atoms with Crippen molar-refractivity contribution in [1.29, 1.82) is 0 Å². The molecule has 0 spiro atoms. The lowest BCUT2D eigenvalue weighted by Crippen LogP contribution is -2.03. The minimum absolute atomic E-state index is 0.975. The van der Waals surface area contributed by atoms with Crippen LogP contribution in [0.25, 0.3) is 10.8 Å². The molecular weight excluding hydrogens is 244 g/mol. The summed E-state index contributed by atoms with van der Waals surface area (Å²) in [6.45, 7) is 0.975. The van der Waals surface area contributed by atoms with Gasteiger partial charge in [-0.05, 0) is 35.9 Å². The topological polar surface area (TPSA) is 24.9 Å². The van der Waals surface area contributed by atoms with Crippen molar-refractivity contribution in [2.45, 2.75) is 12.8 Å². The second-order valence-electron chi connectivity index (χ2n) is 4.92. The van der Waals surface area contributed by atoms with Crippen molar-refractivity contribution in [3.05, 3.63) is 72.6 Å². The third-order valence-corrected chi connectivity index (χ3v) is 3.48. The quantitative estimate of drug-likeness (QED) is 0.694. The number of aromatic nitrogens is 1. The number of nitrogens with one attached hydrogen (secondary N) is 1. The summed E-state index contributed by atoms with van der Waals surface area (Å²) in [5.74, 6) is 0. The summed E-state index contributed by atoms with van der Waals surface area (Å²) >= 11 is 0. The number of rotatable bonds is 5. The Kier molecular flexibility index (Phi) is 3.93. The largest absolute Gasteiger partial charge is 0.384 e. The molecule has 0 atom stereocenters. The Morgan fingerprint density at radius 2 is 1.80 bits per heavy atom. The van der Waals surface area contributed by atoms with Crippen LogP contribution in [0.4, 0.5) is 5.69 Å². The highest BCUT2D eigenvalue weighted by Gasteiger charge is 1.99. The molecule has 2 heteroatoms. The number of pyridine rings is 1. The van der Waals surface area contributed by atoms with Gasteiger partial charge in [-0.2, -0.15) is 0 Å². The van der Waals surface area contributed by atoms with Gasteiger partial charge >= 0.3 is 0 Å². The predicted molar refractivity (Wildman–Crippen MR) is 85.0 cm³/mol. The lowest BCUT2D eigenvalue weighted by atomic mass is 10.1. The van der Waals surface area contributed by atoms with Gasteiger partial charge in [-0.25, -0.2) is 0 Å². The number of aryl methyl sites for hydroxylation is 1. The van der Waals surface area contributed by atoms with E-state index >= 15 is 0 Å². The molecule has 0 amide bonds. The van der Waals surface area contributed by atoms with Crippen LogP contribution in [0.2, 0.25) is 0 Å².